The molecular weight excluding hydrogens is 362 g/mol. The zero-order chi connectivity index (χ0) is 17.4. The summed E-state index contributed by atoms with van der Waals surface area (Å²) in [6.45, 7) is 2.44. The molecule has 0 unspecified atom stereocenters. The summed E-state index contributed by atoms with van der Waals surface area (Å²) in [5.74, 6) is -0.0568. The van der Waals surface area contributed by atoms with E-state index in [2.05, 4.69) is 5.32 Å². The van der Waals surface area contributed by atoms with E-state index < -0.39 is 10.0 Å². The molecule has 1 aromatic rings. The molecule has 0 radical (unpaired) electrons. The number of amides is 1. The van der Waals surface area contributed by atoms with Crippen LogP contribution in [0.3, 0.4) is 0 Å². The van der Waals surface area contributed by atoms with Crippen molar-refractivity contribution in [3.63, 3.8) is 0 Å². The highest BCUT2D eigenvalue weighted by molar-refractivity contribution is 7.89. The lowest BCUT2D eigenvalue weighted by Crippen LogP contribution is -2.35. The Morgan fingerprint density at radius 1 is 1.08 bits per heavy atom. The molecule has 1 aromatic carbocycles. The molecule has 1 amide bonds. The number of carbonyl (C=O) groups excluding carboxylic acids is 1. The Morgan fingerprint density at radius 3 is 2.32 bits per heavy atom. The van der Waals surface area contributed by atoms with Crippen molar-refractivity contribution in [3.05, 3.63) is 29.8 Å². The maximum absolute atomic E-state index is 12.6. The van der Waals surface area contributed by atoms with Crippen molar-refractivity contribution in [1.82, 2.24) is 9.62 Å². The Labute approximate surface area is 156 Å². The predicted molar refractivity (Wildman–Crippen MR) is 101 cm³/mol. The first-order chi connectivity index (χ1) is 11.5. The molecule has 0 saturated carbocycles. The zero-order valence-corrected chi connectivity index (χ0v) is 16.1. The summed E-state index contributed by atoms with van der Waals surface area (Å²) < 4.78 is 26.7. The van der Waals surface area contributed by atoms with Crippen LogP contribution in [0.4, 0.5) is 0 Å². The van der Waals surface area contributed by atoms with Gasteiger partial charge in [-0.05, 0) is 49.9 Å². The Hall–Kier alpha value is -1.15. The normalized spacial score (nSPS) is 15.4. The standard InChI is InChI=1S/C17H27N3O3S.ClH/c18-10-2-3-11-19-17(21)14-15-6-8-16(9-7-15)24(22,23)20-12-4-1-5-13-20;/h6-9H,1-5,10-14,18H2,(H,19,21);1H. The van der Waals surface area contributed by atoms with Gasteiger partial charge in [-0.3, -0.25) is 4.79 Å². The molecule has 0 spiro atoms. The SMILES string of the molecule is Cl.NCCCCNC(=O)Cc1ccc(S(=O)(=O)N2CCCCC2)cc1. The molecule has 1 aliphatic heterocycles. The van der Waals surface area contributed by atoms with Crippen molar-refractivity contribution in [3.8, 4) is 0 Å². The van der Waals surface area contributed by atoms with Crippen molar-refractivity contribution in [1.29, 1.82) is 0 Å². The van der Waals surface area contributed by atoms with Crippen LogP contribution in [0.15, 0.2) is 29.2 Å². The predicted octanol–water partition coefficient (Wildman–Crippen LogP) is 1.68. The highest BCUT2D eigenvalue weighted by atomic mass is 35.5. The third-order valence-electron chi connectivity index (χ3n) is 4.19. The minimum Gasteiger partial charge on any atom is -0.356 e. The average molecular weight is 390 g/mol. The van der Waals surface area contributed by atoms with Crippen LogP contribution in [0.1, 0.15) is 37.7 Å². The molecule has 8 heteroatoms. The molecule has 2 rings (SSSR count). The van der Waals surface area contributed by atoms with E-state index in [1.807, 2.05) is 0 Å². The molecular formula is C17H28ClN3O3S. The first kappa shape index (κ1) is 21.9. The van der Waals surface area contributed by atoms with Crippen molar-refractivity contribution >= 4 is 28.3 Å². The molecule has 0 bridgehead atoms. The molecule has 3 N–H and O–H groups in total. The number of nitrogens with zero attached hydrogens (tertiary/aromatic N) is 1. The van der Waals surface area contributed by atoms with Gasteiger partial charge < -0.3 is 11.1 Å². The number of piperidine rings is 1. The first-order valence-corrected chi connectivity index (χ1v) is 10.0. The van der Waals surface area contributed by atoms with Gasteiger partial charge in [0.15, 0.2) is 0 Å². The van der Waals surface area contributed by atoms with Gasteiger partial charge in [0.1, 0.15) is 0 Å². The van der Waals surface area contributed by atoms with Gasteiger partial charge in [-0.2, -0.15) is 4.31 Å². The number of unbranched alkanes of at least 4 members (excludes halogenated alkanes) is 1. The highest BCUT2D eigenvalue weighted by Crippen LogP contribution is 2.20. The number of nitrogens with two attached hydrogens (primary N) is 1. The van der Waals surface area contributed by atoms with Gasteiger partial charge in [0.05, 0.1) is 11.3 Å². The van der Waals surface area contributed by atoms with Gasteiger partial charge in [0.2, 0.25) is 15.9 Å². The van der Waals surface area contributed by atoms with E-state index in [4.69, 9.17) is 5.73 Å². The van der Waals surface area contributed by atoms with E-state index >= 15 is 0 Å². The van der Waals surface area contributed by atoms with Crippen molar-refractivity contribution < 1.29 is 13.2 Å². The Kier molecular flexibility index (Phi) is 9.42. The second-order valence-corrected chi connectivity index (χ2v) is 8.07. The zero-order valence-electron chi connectivity index (χ0n) is 14.4. The second kappa shape index (κ2) is 10.8. The topological polar surface area (TPSA) is 92.5 Å². The highest BCUT2D eigenvalue weighted by Gasteiger charge is 2.25. The molecule has 1 heterocycles. The molecule has 0 aliphatic carbocycles. The Balaban J connectivity index is 0.00000312. The maximum atomic E-state index is 12.6. The number of carbonyl (C=O) groups is 1. The van der Waals surface area contributed by atoms with E-state index in [1.54, 1.807) is 28.6 Å². The van der Waals surface area contributed by atoms with Crippen LogP contribution < -0.4 is 11.1 Å². The minimum absolute atomic E-state index is 0. The number of halogens is 1. The average Bonchev–Trinajstić information content (AvgIpc) is 2.60. The summed E-state index contributed by atoms with van der Waals surface area (Å²) in [5, 5.41) is 2.84. The minimum atomic E-state index is -3.41. The second-order valence-electron chi connectivity index (χ2n) is 6.13. The molecule has 1 saturated heterocycles. The van der Waals surface area contributed by atoms with Gasteiger partial charge in [0, 0.05) is 19.6 Å². The number of rotatable bonds is 8. The van der Waals surface area contributed by atoms with Gasteiger partial charge >= 0.3 is 0 Å². The van der Waals surface area contributed by atoms with Crippen LogP contribution in [-0.4, -0.2) is 44.8 Å². The number of benzene rings is 1. The van der Waals surface area contributed by atoms with Crippen LogP contribution in [-0.2, 0) is 21.2 Å². The largest absolute Gasteiger partial charge is 0.356 e. The third-order valence-corrected chi connectivity index (χ3v) is 6.11. The van der Waals surface area contributed by atoms with Crippen LogP contribution in [0.2, 0.25) is 0 Å². The van der Waals surface area contributed by atoms with Crippen LogP contribution in [0.5, 0.6) is 0 Å². The van der Waals surface area contributed by atoms with E-state index in [1.165, 1.54) is 0 Å². The van der Waals surface area contributed by atoms with E-state index in [9.17, 15) is 13.2 Å². The third kappa shape index (κ3) is 6.58. The fourth-order valence-electron chi connectivity index (χ4n) is 2.78. The lowest BCUT2D eigenvalue weighted by molar-refractivity contribution is -0.120. The molecule has 25 heavy (non-hydrogen) atoms. The van der Waals surface area contributed by atoms with Gasteiger partial charge in [-0.1, -0.05) is 18.6 Å². The van der Waals surface area contributed by atoms with E-state index in [0.717, 1.165) is 37.7 Å². The van der Waals surface area contributed by atoms with Crippen LogP contribution in [0, 0.1) is 0 Å². The maximum Gasteiger partial charge on any atom is 0.243 e. The lowest BCUT2D eigenvalue weighted by atomic mass is 10.1. The van der Waals surface area contributed by atoms with Crippen molar-refractivity contribution in [2.24, 2.45) is 5.73 Å². The summed E-state index contributed by atoms with van der Waals surface area (Å²) in [5.41, 5.74) is 6.22. The number of hydrogen-bond donors (Lipinski definition) is 2. The number of nitrogens with one attached hydrogen (secondary N) is 1. The number of sulfonamides is 1. The summed E-state index contributed by atoms with van der Waals surface area (Å²) in [7, 11) is -3.41. The Bertz CT molecular complexity index is 629. The Morgan fingerprint density at radius 2 is 1.72 bits per heavy atom. The fourth-order valence-corrected chi connectivity index (χ4v) is 4.30. The van der Waals surface area contributed by atoms with Crippen molar-refractivity contribution in [2.75, 3.05) is 26.2 Å². The first-order valence-electron chi connectivity index (χ1n) is 8.60. The molecule has 1 aliphatic rings. The van der Waals surface area contributed by atoms with E-state index in [0.29, 0.717) is 31.1 Å². The van der Waals surface area contributed by atoms with Gasteiger partial charge in [-0.25, -0.2) is 8.42 Å². The molecule has 1 fully saturated rings. The number of hydrogen-bond acceptors (Lipinski definition) is 4. The fraction of sp³-hybridized carbons (Fsp3) is 0.588. The lowest BCUT2D eigenvalue weighted by Gasteiger charge is -2.25. The van der Waals surface area contributed by atoms with Crippen LogP contribution in [0.25, 0.3) is 0 Å². The molecule has 0 aromatic heterocycles. The smallest absolute Gasteiger partial charge is 0.243 e. The summed E-state index contributed by atoms with van der Waals surface area (Å²) in [6, 6.07) is 6.63. The molecule has 6 nitrogen and oxygen atoms in total. The monoisotopic (exact) mass is 389 g/mol. The van der Waals surface area contributed by atoms with Crippen molar-refractivity contribution in [2.45, 2.75) is 43.4 Å². The summed E-state index contributed by atoms with van der Waals surface area (Å²) >= 11 is 0. The van der Waals surface area contributed by atoms with Gasteiger partial charge in [-0.15, -0.1) is 12.4 Å². The summed E-state index contributed by atoms with van der Waals surface area (Å²) in [6.07, 6.45) is 4.94. The van der Waals surface area contributed by atoms with E-state index in [-0.39, 0.29) is 24.7 Å². The quantitative estimate of drug-likeness (QED) is 0.661. The van der Waals surface area contributed by atoms with Gasteiger partial charge in [0.25, 0.3) is 0 Å². The van der Waals surface area contributed by atoms with Crippen LogP contribution >= 0.6 is 12.4 Å². The summed E-state index contributed by atoms with van der Waals surface area (Å²) in [4.78, 5) is 12.1. The molecule has 142 valence electrons. The molecule has 0 atom stereocenters.